The molecule has 140 valence electrons. The molecule has 0 N–H and O–H groups in total. The summed E-state index contributed by atoms with van der Waals surface area (Å²) in [5.74, 6) is 0.219. The van der Waals surface area contributed by atoms with E-state index in [0.29, 0.717) is 23.0 Å². The summed E-state index contributed by atoms with van der Waals surface area (Å²) in [6, 6.07) is 10.9. The largest absolute Gasteiger partial charge is 0.293 e. The zero-order chi connectivity index (χ0) is 19.0. The SMILES string of the molecule is CS(=O)(=O)N1CCCc2cc(C(=O)CSc3nnc4ccccn34)ccc21. The molecule has 0 fully saturated rings. The first-order chi connectivity index (χ1) is 12.9. The van der Waals surface area contributed by atoms with Crippen LogP contribution in [-0.4, -0.2) is 47.4 Å². The van der Waals surface area contributed by atoms with E-state index in [4.69, 9.17) is 0 Å². The molecule has 0 radical (unpaired) electrons. The fourth-order valence-electron chi connectivity index (χ4n) is 3.21. The third-order valence-corrected chi connectivity index (χ3v) is 6.62. The van der Waals surface area contributed by atoms with Gasteiger partial charge in [0, 0.05) is 18.3 Å². The highest BCUT2D eigenvalue weighted by molar-refractivity contribution is 7.99. The molecule has 2 aromatic heterocycles. The van der Waals surface area contributed by atoms with Gasteiger partial charge in [-0.25, -0.2) is 8.42 Å². The first-order valence-corrected chi connectivity index (χ1v) is 11.3. The van der Waals surface area contributed by atoms with Crippen molar-refractivity contribution in [3.8, 4) is 0 Å². The van der Waals surface area contributed by atoms with Crippen LogP contribution in [-0.2, 0) is 16.4 Å². The second kappa shape index (κ2) is 6.97. The molecule has 1 aliphatic rings. The fourth-order valence-corrected chi connectivity index (χ4v) is 5.03. The van der Waals surface area contributed by atoms with Gasteiger partial charge in [-0.05, 0) is 48.7 Å². The standard InChI is InChI=1S/C18H18N4O3S2/c1-27(24,25)22-10-4-5-13-11-14(7-8-15(13)22)16(23)12-26-18-20-19-17-6-2-3-9-21(17)18/h2-3,6-9,11H,4-5,10,12H2,1H3. The molecule has 3 aromatic rings. The number of benzene rings is 1. The average molecular weight is 403 g/mol. The molecule has 7 nitrogen and oxygen atoms in total. The van der Waals surface area contributed by atoms with Crippen LogP contribution in [0.15, 0.2) is 47.8 Å². The Morgan fingerprint density at radius 3 is 2.89 bits per heavy atom. The Morgan fingerprint density at radius 2 is 2.07 bits per heavy atom. The van der Waals surface area contributed by atoms with Crippen LogP contribution in [0.25, 0.3) is 5.65 Å². The summed E-state index contributed by atoms with van der Waals surface area (Å²) < 4.78 is 27.2. The fraction of sp³-hybridized carbons (Fsp3) is 0.278. The average Bonchev–Trinajstić information content (AvgIpc) is 3.07. The van der Waals surface area contributed by atoms with Gasteiger partial charge in [0.15, 0.2) is 16.6 Å². The van der Waals surface area contributed by atoms with Crippen molar-refractivity contribution in [3.63, 3.8) is 0 Å². The molecule has 0 amide bonds. The molecule has 0 atom stereocenters. The molecular formula is C18H18N4O3S2. The van der Waals surface area contributed by atoms with Crippen LogP contribution in [0.2, 0.25) is 0 Å². The Balaban J connectivity index is 1.53. The summed E-state index contributed by atoms with van der Waals surface area (Å²) in [5, 5.41) is 8.86. The van der Waals surface area contributed by atoms with Gasteiger partial charge < -0.3 is 0 Å². The van der Waals surface area contributed by atoms with Crippen LogP contribution >= 0.6 is 11.8 Å². The number of carbonyl (C=O) groups is 1. The number of carbonyl (C=O) groups excluding carboxylic acids is 1. The third-order valence-electron chi connectivity index (χ3n) is 4.49. The maximum absolute atomic E-state index is 12.6. The first-order valence-electron chi connectivity index (χ1n) is 8.50. The van der Waals surface area contributed by atoms with E-state index in [1.807, 2.05) is 34.9 Å². The van der Waals surface area contributed by atoms with Crippen molar-refractivity contribution in [2.45, 2.75) is 18.0 Å². The van der Waals surface area contributed by atoms with Crippen LogP contribution in [0.3, 0.4) is 0 Å². The minimum atomic E-state index is -3.31. The summed E-state index contributed by atoms with van der Waals surface area (Å²) in [7, 11) is -3.31. The topological polar surface area (TPSA) is 84.6 Å². The molecule has 3 heterocycles. The number of sulfonamides is 1. The highest BCUT2D eigenvalue weighted by Gasteiger charge is 2.24. The van der Waals surface area contributed by atoms with Crippen molar-refractivity contribution < 1.29 is 13.2 Å². The predicted molar refractivity (Wildman–Crippen MR) is 105 cm³/mol. The van der Waals surface area contributed by atoms with Gasteiger partial charge >= 0.3 is 0 Å². The van der Waals surface area contributed by atoms with Gasteiger partial charge in [-0.15, -0.1) is 10.2 Å². The summed E-state index contributed by atoms with van der Waals surface area (Å²) in [6.45, 7) is 0.481. The van der Waals surface area contributed by atoms with Crippen molar-refractivity contribution in [3.05, 3.63) is 53.7 Å². The Labute approximate surface area is 161 Å². The lowest BCUT2D eigenvalue weighted by molar-refractivity contribution is 0.102. The minimum Gasteiger partial charge on any atom is -0.293 e. The summed E-state index contributed by atoms with van der Waals surface area (Å²) in [6.07, 6.45) is 4.59. The number of hydrogen-bond donors (Lipinski definition) is 0. The molecule has 27 heavy (non-hydrogen) atoms. The molecule has 0 spiro atoms. The number of nitrogens with zero attached hydrogens (tertiary/aromatic N) is 4. The van der Waals surface area contributed by atoms with Crippen molar-refractivity contribution in [2.75, 3.05) is 22.9 Å². The second-order valence-electron chi connectivity index (χ2n) is 6.41. The van der Waals surface area contributed by atoms with E-state index in [0.717, 1.165) is 24.1 Å². The van der Waals surface area contributed by atoms with E-state index in [-0.39, 0.29) is 11.5 Å². The van der Waals surface area contributed by atoms with Crippen molar-refractivity contribution in [1.82, 2.24) is 14.6 Å². The maximum Gasteiger partial charge on any atom is 0.232 e. The number of Topliss-reactive ketones (excluding diaryl/α,β-unsaturated/α-hetero) is 1. The van der Waals surface area contributed by atoms with E-state index in [1.165, 1.54) is 22.3 Å². The number of pyridine rings is 1. The van der Waals surface area contributed by atoms with E-state index < -0.39 is 10.0 Å². The molecule has 0 bridgehead atoms. The third kappa shape index (κ3) is 3.57. The Kier molecular flexibility index (Phi) is 4.65. The summed E-state index contributed by atoms with van der Waals surface area (Å²) >= 11 is 1.34. The molecule has 0 saturated carbocycles. The zero-order valence-corrected chi connectivity index (χ0v) is 16.3. The van der Waals surface area contributed by atoms with Crippen LogP contribution in [0, 0.1) is 0 Å². The molecule has 1 aromatic carbocycles. The van der Waals surface area contributed by atoms with Crippen LogP contribution in [0.5, 0.6) is 0 Å². The van der Waals surface area contributed by atoms with Crippen LogP contribution < -0.4 is 4.31 Å². The van der Waals surface area contributed by atoms with E-state index in [9.17, 15) is 13.2 Å². The number of fused-ring (bicyclic) bond motifs is 2. The number of ketones is 1. The number of thioether (sulfide) groups is 1. The molecule has 9 heteroatoms. The van der Waals surface area contributed by atoms with Crippen molar-refractivity contribution in [2.24, 2.45) is 0 Å². The molecule has 0 saturated heterocycles. The van der Waals surface area contributed by atoms with Gasteiger partial charge in [0.2, 0.25) is 10.0 Å². The quantitative estimate of drug-likeness (QED) is 0.481. The summed E-state index contributed by atoms with van der Waals surface area (Å²) in [5.41, 5.74) is 2.90. The molecule has 1 aliphatic heterocycles. The second-order valence-corrected chi connectivity index (χ2v) is 9.25. The van der Waals surface area contributed by atoms with Gasteiger partial charge in [-0.3, -0.25) is 13.5 Å². The van der Waals surface area contributed by atoms with Crippen molar-refractivity contribution >= 4 is 38.9 Å². The molecule has 0 unspecified atom stereocenters. The molecular weight excluding hydrogens is 384 g/mol. The van der Waals surface area contributed by atoms with Gasteiger partial charge in [-0.1, -0.05) is 17.8 Å². The normalized spacial score (nSPS) is 14.3. The highest BCUT2D eigenvalue weighted by Crippen LogP contribution is 2.30. The smallest absolute Gasteiger partial charge is 0.232 e. The van der Waals surface area contributed by atoms with E-state index in [1.54, 1.807) is 12.1 Å². The number of hydrogen-bond acceptors (Lipinski definition) is 6. The Morgan fingerprint density at radius 1 is 1.22 bits per heavy atom. The van der Waals surface area contributed by atoms with Gasteiger partial charge in [0.05, 0.1) is 17.7 Å². The van der Waals surface area contributed by atoms with Gasteiger partial charge in [0.1, 0.15) is 0 Å². The highest BCUT2D eigenvalue weighted by atomic mass is 32.2. The lowest BCUT2D eigenvalue weighted by Gasteiger charge is -2.29. The lowest BCUT2D eigenvalue weighted by atomic mass is 9.99. The molecule has 0 aliphatic carbocycles. The minimum absolute atomic E-state index is 0.0213. The lowest BCUT2D eigenvalue weighted by Crippen LogP contribution is -2.34. The molecule has 4 rings (SSSR count). The zero-order valence-electron chi connectivity index (χ0n) is 14.7. The van der Waals surface area contributed by atoms with Gasteiger partial charge in [-0.2, -0.15) is 0 Å². The van der Waals surface area contributed by atoms with Crippen molar-refractivity contribution in [1.29, 1.82) is 0 Å². The maximum atomic E-state index is 12.6. The summed E-state index contributed by atoms with van der Waals surface area (Å²) in [4.78, 5) is 12.6. The van der Waals surface area contributed by atoms with Crippen LogP contribution in [0.1, 0.15) is 22.3 Å². The Bertz CT molecular complexity index is 1120. The first kappa shape index (κ1) is 18.0. The number of anilines is 1. The number of rotatable bonds is 5. The van der Waals surface area contributed by atoms with Crippen LogP contribution in [0.4, 0.5) is 5.69 Å². The monoisotopic (exact) mass is 402 g/mol. The Hall–Kier alpha value is -2.39. The number of aryl methyl sites for hydroxylation is 1. The predicted octanol–water partition coefficient (Wildman–Crippen LogP) is 2.42. The van der Waals surface area contributed by atoms with E-state index in [2.05, 4.69) is 10.2 Å². The van der Waals surface area contributed by atoms with E-state index >= 15 is 0 Å². The van der Waals surface area contributed by atoms with Gasteiger partial charge in [0.25, 0.3) is 0 Å². The number of aromatic nitrogens is 3.